The lowest BCUT2D eigenvalue weighted by Gasteiger charge is -2.10. The maximum Gasteiger partial charge on any atom is 0.230 e. The van der Waals surface area contributed by atoms with Crippen molar-refractivity contribution >= 4 is 46.3 Å². The van der Waals surface area contributed by atoms with Crippen molar-refractivity contribution in [3.63, 3.8) is 0 Å². The molecule has 3 aromatic rings. The summed E-state index contributed by atoms with van der Waals surface area (Å²) in [5, 5.41) is 5.57. The summed E-state index contributed by atoms with van der Waals surface area (Å²) >= 11 is 9.11. The average molecular weight is 419 g/mol. The van der Waals surface area contributed by atoms with E-state index in [2.05, 4.69) is 10.3 Å². The van der Waals surface area contributed by atoms with Gasteiger partial charge < -0.3 is 10.1 Å². The molecule has 0 radical (unpaired) electrons. The van der Waals surface area contributed by atoms with Gasteiger partial charge in [0.1, 0.15) is 10.1 Å². The lowest BCUT2D eigenvalue weighted by atomic mass is 10.2. The number of thioether (sulfide) groups is 1. The van der Waals surface area contributed by atoms with Crippen LogP contribution in [-0.2, 0) is 17.0 Å². The maximum absolute atomic E-state index is 12.4. The molecule has 1 heterocycles. The lowest BCUT2D eigenvalue weighted by molar-refractivity contribution is -0.115. The monoisotopic (exact) mass is 418 g/mol. The Bertz CT molecular complexity index is 926. The molecule has 7 heteroatoms. The molecule has 27 heavy (non-hydrogen) atoms. The van der Waals surface area contributed by atoms with E-state index in [9.17, 15) is 4.79 Å². The van der Waals surface area contributed by atoms with Crippen LogP contribution in [0.25, 0.3) is 0 Å². The molecule has 1 aromatic heterocycles. The molecule has 0 aliphatic rings. The van der Waals surface area contributed by atoms with Crippen molar-refractivity contribution in [3.05, 3.63) is 69.7 Å². The molecule has 0 saturated carbocycles. The van der Waals surface area contributed by atoms with E-state index in [1.54, 1.807) is 30.2 Å². The van der Waals surface area contributed by atoms with E-state index in [0.29, 0.717) is 11.4 Å². The van der Waals surface area contributed by atoms with E-state index >= 15 is 0 Å². The third kappa shape index (κ3) is 5.73. The molecule has 0 aliphatic carbocycles. The third-order valence-corrected chi connectivity index (χ3v) is 6.17. The summed E-state index contributed by atoms with van der Waals surface area (Å²) in [4.78, 5) is 16.9. The molecular weight excluding hydrogens is 400 g/mol. The number of methoxy groups -OCH3 is 1. The topological polar surface area (TPSA) is 51.2 Å². The third-order valence-electron chi connectivity index (χ3n) is 3.78. The van der Waals surface area contributed by atoms with Crippen LogP contribution in [0.3, 0.4) is 0 Å². The number of carbonyl (C=O) groups is 1. The van der Waals surface area contributed by atoms with Gasteiger partial charge in [0, 0.05) is 16.2 Å². The first kappa shape index (κ1) is 19.7. The molecule has 1 amide bonds. The predicted octanol–water partition coefficient (Wildman–Crippen LogP) is 5.59. The molecule has 2 aromatic carbocycles. The number of nitrogens with one attached hydrogen (secondary N) is 1. The number of aromatic nitrogens is 1. The van der Waals surface area contributed by atoms with Gasteiger partial charge in [-0.2, -0.15) is 0 Å². The van der Waals surface area contributed by atoms with E-state index in [1.807, 2.05) is 54.8 Å². The minimum Gasteiger partial charge on any atom is -0.495 e. The van der Waals surface area contributed by atoms with Crippen LogP contribution in [0.5, 0.6) is 5.75 Å². The molecule has 0 unspecified atom stereocenters. The van der Waals surface area contributed by atoms with Crippen molar-refractivity contribution in [2.24, 2.45) is 0 Å². The fourth-order valence-electron chi connectivity index (χ4n) is 2.44. The van der Waals surface area contributed by atoms with Crippen molar-refractivity contribution in [1.29, 1.82) is 0 Å². The number of halogens is 1. The number of thiazole rings is 1. The zero-order valence-electron chi connectivity index (χ0n) is 15.0. The minimum absolute atomic E-state index is 0.113. The first-order valence-electron chi connectivity index (χ1n) is 8.29. The zero-order valence-corrected chi connectivity index (χ0v) is 17.4. The number of hydrogen-bond acceptors (Lipinski definition) is 5. The van der Waals surface area contributed by atoms with Gasteiger partial charge in [0.05, 0.1) is 24.9 Å². The second-order valence-electron chi connectivity index (χ2n) is 5.95. The number of benzene rings is 2. The quantitative estimate of drug-likeness (QED) is 0.508. The van der Waals surface area contributed by atoms with Gasteiger partial charge in [-0.25, -0.2) is 4.98 Å². The molecule has 0 saturated heterocycles. The standard InChI is InChI=1S/C20H19ClN2O2S2/c1-13-3-8-18(25-2)17(9-13)23-19(24)10-16-12-27-20(22-16)26-11-14-4-6-15(21)7-5-14/h3-9,12H,10-11H2,1-2H3,(H,23,24). The van der Waals surface area contributed by atoms with E-state index < -0.39 is 0 Å². The van der Waals surface area contributed by atoms with Gasteiger partial charge in [-0.05, 0) is 42.3 Å². The fraction of sp³-hybridized carbons (Fsp3) is 0.200. The Morgan fingerprint density at radius 2 is 2.04 bits per heavy atom. The summed E-state index contributed by atoms with van der Waals surface area (Å²) in [6, 6.07) is 13.5. The number of rotatable bonds is 7. The summed E-state index contributed by atoms with van der Waals surface area (Å²) in [5.74, 6) is 1.35. The van der Waals surface area contributed by atoms with E-state index in [0.717, 1.165) is 26.4 Å². The van der Waals surface area contributed by atoms with Gasteiger partial charge in [0.2, 0.25) is 5.91 Å². The number of anilines is 1. The molecule has 3 rings (SSSR count). The number of ether oxygens (including phenoxy) is 1. The second kappa shape index (κ2) is 9.26. The molecule has 0 spiro atoms. The molecule has 140 valence electrons. The Morgan fingerprint density at radius 3 is 2.78 bits per heavy atom. The van der Waals surface area contributed by atoms with Crippen molar-refractivity contribution in [2.45, 2.75) is 23.4 Å². The van der Waals surface area contributed by atoms with Crippen LogP contribution >= 0.6 is 34.7 Å². The van der Waals surface area contributed by atoms with Crippen LogP contribution in [-0.4, -0.2) is 18.0 Å². The lowest BCUT2D eigenvalue weighted by Crippen LogP contribution is -2.15. The Morgan fingerprint density at radius 1 is 1.26 bits per heavy atom. The number of nitrogens with zero attached hydrogens (tertiary/aromatic N) is 1. The molecule has 0 bridgehead atoms. The Balaban J connectivity index is 1.56. The second-order valence-corrected chi connectivity index (χ2v) is 8.47. The Labute approximate surface area is 171 Å². The number of aryl methyl sites for hydroxylation is 1. The Hall–Kier alpha value is -2.02. The summed E-state index contributed by atoms with van der Waals surface area (Å²) in [6.45, 7) is 1.97. The molecular formula is C20H19ClN2O2S2. The first-order valence-corrected chi connectivity index (χ1v) is 10.5. The highest BCUT2D eigenvalue weighted by Gasteiger charge is 2.11. The number of carbonyl (C=O) groups excluding carboxylic acids is 1. The van der Waals surface area contributed by atoms with Gasteiger partial charge in [-0.3, -0.25) is 4.79 Å². The highest BCUT2D eigenvalue weighted by molar-refractivity contribution is 8.00. The normalized spacial score (nSPS) is 10.6. The van der Waals surface area contributed by atoms with Gasteiger partial charge in [0.25, 0.3) is 0 Å². The predicted molar refractivity (Wildman–Crippen MR) is 113 cm³/mol. The zero-order chi connectivity index (χ0) is 19.2. The maximum atomic E-state index is 12.4. The van der Waals surface area contributed by atoms with Gasteiger partial charge in [-0.15, -0.1) is 11.3 Å². The summed E-state index contributed by atoms with van der Waals surface area (Å²) in [5.41, 5.74) is 3.68. The SMILES string of the molecule is COc1ccc(C)cc1NC(=O)Cc1csc(SCc2ccc(Cl)cc2)n1. The van der Waals surface area contributed by atoms with Crippen LogP contribution < -0.4 is 10.1 Å². The van der Waals surface area contributed by atoms with Gasteiger partial charge in [0.15, 0.2) is 0 Å². The van der Waals surface area contributed by atoms with Gasteiger partial charge in [-0.1, -0.05) is 41.6 Å². The van der Waals surface area contributed by atoms with Crippen LogP contribution in [0.15, 0.2) is 52.2 Å². The molecule has 1 N–H and O–H groups in total. The minimum atomic E-state index is -0.113. The molecule has 0 fully saturated rings. The highest BCUT2D eigenvalue weighted by atomic mass is 35.5. The summed E-state index contributed by atoms with van der Waals surface area (Å²) in [7, 11) is 1.59. The summed E-state index contributed by atoms with van der Waals surface area (Å²) < 4.78 is 6.24. The van der Waals surface area contributed by atoms with Crippen LogP contribution in [0, 0.1) is 6.92 Å². The molecule has 4 nitrogen and oxygen atoms in total. The van der Waals surface area contributed by atoms with Crippen molar-refractivity contribution < 1.29 is 9.53 Å². The first-order chi connectivity index (χ1) is 13.0. The van der Waals surface area contributed by atoms with Crippen molar-refractivity contribution in [3.8, 4) is 5.75 Å². The van der Waals surface area contributed by atoms with Crippen LogP contribution in [0.2, 0.25) is 5.02 Å². The summed E-state index contributed by atoms with van der Waals surface area (Å²) in [6.07, 6.45) is 0.231. The van der Waals surface area contributed by atoms with Crippen molar-refractivity contribution in [2.75, 3.05) is 12.4 Å². The number of hydrogen-bond donors (Lipinski definition) is 1. The van der Waals surface area contributed by atoms with Crippen LogP contribution in [0.1, 0.15) is 16.8 Å². The highest BCUT2D eigenvalue weighted by Crippen LogP contribution is 2.28. The molecule has 0 atom stereocenters. The molecule has 0 aliphatic heterocycles. The van der Waals surface area contributed by atoms with E-state index in [1.165, 1.54) is 5.56 Å². The average Bonchev–Trinajstić information content (AvgIpc) is 3.08. The van der Waals surface area contributed by atoms with Crippen LogP contribution in [0.4, 0.5) is 5.69 Å². The fourth-order valence-corrected chi connectivity index (χ4v) is 4.37. The number of amides is 1. The van der Waals surface area contributed by atoms with Gasteiger partial charge >= 0.3 is 0 Å². The Kier molecular flexibility index (Phi) is 6.77. The van der Waals surface area contributed by atoms with E-state index in [-0.39, 0.29) is 12.3 Å². The van der Waals surface area contributed by atoms with E-state index in [4.69, 9.17) is 16.3 Å². The smallest absolute Gasteiger partial charge is 0.230 e. The largest absolute Gasteiger partial charge is 0.495 e. The van der Waals surface area contributed by atoms with Crippen molar-refractivity contribution in [1.82, 2.24) is 4.98 Å².